The van der Waals surface area contributed by atoms with Crippen LogP contribution in [0.15, 0.2) is 39.4 Å². The largest absolute Gasteiger partial charge is 0.486 e. The van der Waals surface area contributed by atoms with Crippen LogP contribution in [-0.2, 0) is 0 Å². The van der Waals surface area contributed by atoms with E-state index in [1.807, 2.05) is 0 Å². The first-order chi connectivity index (χ1) is 11.2. The molecule has 0 spiro atoms. The van der Waals surface area contributed by atoms with Gasteiger partial charge in [-0.25, -0.2) is 4.63 Å². The van der Waals surface area contributed by atoms with Crippen molar-refractivity contribution in [1.29, 1.82) is 0 Å². The van der Waals surface area contributed by atoms with Gasteiger partial charge in [0.05, 0.1) is 11.3 Å². The van der Waals surface area contributed by atoms with Gasteiger partial charge in [0.2, 0.25) is 0 Å². The van der Waals surface area contributed by atoms with E-state index in [-0.39, 0.29) is 5.91 Å². The number of rotatable bonds is 2. The highest BCUT2D eigenvalue weighted by Crippen LogP contribution is 2.36. The van der Waals surface area contributed by atoms with Gasteiger partial charge in [-0.05, 0) is 50.5 Å². The lowest BCUT2D eigenvalue weighted by Crippen LogP contribution is -2.18. The van der Waals surface area contributed by atoms with Crippen molar-refractivity contribution in [2.24, 2.45) is 0 Å². The summed E-state index contributed by atoms with van der Waals surface area (Å²) < 4.78 is 16.3. The zero-order chi connectivity index (χ0) is 15.8. The Morgan fingerprint density at radius 3 is 2.74 bits per heavy atom. The van der Waals surface area contributed by atoms with Crippen molar-refractivity contribution in [3.63, 3.8) is 0 Å². The lowest BCUT2D eigenvalue weighted by atomic mass is 10.1. The summed E-state index contributed by atoms with van der Waals surface area (Å²) in [6, 6.07) is 8.62. The van der Waals surface area contributed by atoms with Crippen molar-refractivity contribution < 1.29 is 18.9 Å². The van der Waals surface area contributed by atoms with E-state index in [0.717, 1.165) is 0 Å². The number of benzene rings is 2. The first kappa shape index (κ1) is 14.0. The molecule has 1 aliphatic rings. The number of amides is 1. The number of carbonyl (C=O) groups excluding carboxylic acids is 1. The first-order valence-corrected chi connectivity index (χ1v) is 7.63. The average Bonchev–Trinajstić information content (AvgIpc) is 3.04. The molecule has 0 fully saturated rings. The number of ether oxygens (including phenoxy) is 2. The number of anilines is 1. The Morgan fingerprint density at radius 2 is 1.91 bits per heavy atom. The topological polar surface area (TPSA) is 86.5 Å². The van der Waals surface area contributed by atoms with Gasteiger partial charge < -0.3 is 14.8 Å². The van der Waals surface area contributed by atoms with Crippen LogP contribution in [0.2, 0.25) is 0 Å². The molecular weight excluding hydrogens is 366 g/mol. The molecule has 3 aromatic rings. The Bertz CT molecular complexity index is 909. The first-order valence-electron chi connectivity index (χ1n) is 6.84. The molecule has 23 heavy (non-hydrogen) atoms. The van der Waals surface area contributed by atoms with Crippen molar-refractivity contribution in [2.45, 2.75) is 0 Å². The van der Waals surface area contributed by atoms with Gasteiger partial charge in [-0.1, -0.05) is 6.07 Å². The summed E-state index contributed by atoms with van der Waals surface area (Å²) in [5.74, 6) is 0.859. The second-order valence-corrected chi connectivity index (χ2v) is 5.72. The van der Waals surface area contributed by atoms with Crippen molar-refractivity contribution in [1.82, 2.24) is 10.3 Å². The predicted octanol–water partition coefficient (Wildman–Crippen LogP) is 3.01. The minimum atomic E-state index is -0.302. The summed E-state index contributed by atoms with van der Waals surface area (Å²) in [4.78, 5) is 12.6. The molecule has 1 N–H and O–H groups in total. The van der Waals surface area contributed by atoms with Gasteiger partial charge >= 0.3 is 0 Å². The molecule has 1 aliphatic heterocycles. The molecule has 0 unspecified atom stereocenters. The quantitative estimate of drug-likeness (QED) is 0.740. The van der Waals surface area contributed by atoms with E-state index < -0.39 is 0 Å². The third-order valence-electron chi connectivity index (χ3n) is 3.41. The maximum absolute atomic E-state index is 12.6. The highest BCUT2D eigenvalue weighted by Gasteiger charge is 2.19. The summed E-state index contributed by atoms with van der Waals surface area (Å²) in [5, 5.41) is 10.4. The number of nitrogens with one attached hydrogen (secondary N) is 1. The molecule has 0 radical (unpaired) electrons. The third-order valence-corrected chi connectivity index (χ3v) is 4.07. The lowest BCUT2D eigenvalue weighted by molar-refractivity contribution is 0.102. The van der Waals surface area contributed by atoms with Crippen molar-refractivity contribution >= 4 is 38.6 Å². The summed E-state index contributed by atoms with van der Waals surface area (Å²) in [5.41, 5.74) is 2.02. The zero-order valence-corrected chi connectivity index (χ0v) is 13.3. The molecule has 0 saturated heterocycles. The normalized spacial score (nSPS) is 13.1. The molecule has 116 valence electrons. The molecular formula is C15H10BrN3O4. The van der Waals surface area contributed by atoms with Crippen LogP contribution in [-0.4, -0.2) is 29.4 Å². The minimum Gasteiger partial charge on any atom is -0.486 e. The number of hydrogen-bond donors (Lipinski definition) is 1. The van der Waals surface area contributed by atoms with Gasteiger partial charge in [0.15, 0.2) is 17.0 Å². The van der Waals surface area contributed by atoms with Crippen LogP contribution >= 0.6 is 15.9 Å². The standard InChI is InChI=1S/C15H10BrN3O4/c16-9-7-13-12(21-4-5-22-13)6-8(9)15(20)17-10-2-1-3-11-14(10)19-23-18-11/h1-3,6-7H,4-5H2,(H,17,20). The van der Waals surface area contributed by atoms with Crippen LogP contribution in [0.5, 0.6) is 11.5 Å². The number of carbonyl (C=O) groups is 1. The van der Waals surface area contributed by atoms with E-state index in [9.17, 15) is 4.79 Å². The van der Waals surface area contributed by atoms with Crippen LogP contribution in [0, 0.1) is 0 Å². The van der Waals surface area contributed by atoms with Crippen molar-refractivity contribution in [2.75, 3.05) is 18.5 Å². The third kappa shape index (κ3) is 2.50. The van der Waals surface area contributed by atoms with Gasteiger partial charge in [0, 0.05) is 4.47 Å². The number of hydrogen-bond acceptors (Lipinski definition) is 6. The molecule has 2 aromatic carbocycles. The van der Waals surface area contributed by atoms with Gasteiger partial charge in [-0.3, -0.25) is 4.79 Å². The van der Waals surface area contributed by atoms with Crippen molar-refractivity contribution in [3.8, 4) is 11.5 Å². The summed E-state index contributed by atoms with van der Waals surface area (Å²) in [7, 11) is 0. The molecule has 0 bridgehead atoms. The van der Waals surface area contributed by atoms with E-state index in [4.69, 9.17) is 14.1 Å². The fourth-order valence-electron chi connectivity index (χ4n) is 2.33. The van der Waals surface area contributed by atoms with Crippen molar-refractivity contribution in [3.05, 3.63) is 40.4 Å². The summed E-state index contributed by atoms with van der Waals surface area (Å²) in [6.07, 6.45) is 0. The van der Waals surface area contributed by atoms with Gasteiger partial charge in [-0.15, -0.1) is 0 Å². The Labute approximate surface area is 138 Å². The highest BCUT2D eigenvalue weighted by molar-refractivity contribution is 9.10. The van der Waals surface area contributed by atoms with Crippen LogP contribution in [0.25, 0.3) is 11.0 Å². The molecule has 1 aromatic heterocycles. The van der Waals surface area contributed by atoms with Crippen LogP contribution < -0.4 is 14.8 Å². The predicted molar refractivity (Wildman–Crippen MR) is 84.9 cm³/mol. The number of halogens is 1. The number of fused-ring (bicyclic) bond motifs is 2. The second kappa shape index (κ2) is 5.54. The molecule has 1 amide bonds. The minimum absolute atomic E-state index is 0.302. The van der Waals surface area contributed by atoms with Gasteiger partial charge in [-0.2, -0.15) is 0 Å². The number of nitrogens with zero attached hydrogens (tertiary/aromatic N) is 2. The van der Waals surface area contributed by atoms with Gasteiger partial charge in [0.25, 0.3) is 5.91 Å². The zero-order valence-electron chi connectivity index (χ0n) is 11.7. The van der Waals surface area contributed by atoms with E-state index in [1.165, 1.54) is 0 Å². The fraction of sp³-hybridized carbons (Fsp3) is 0.133. The maximum Gasteiger partial charge on any atom is 0.257 e. The highest BCUT2D eigenvalue weighted by atomic mass is 79.9. The second-order valence-electron chi connectivity index (χ2n) is 4.87. The lowest BCUT2D eigenvalue weighted by Gasteiger charge is -2.19. The smallest absolute Gasteiger partial charge is 0.257 e. The summed E-state index contributed by atoms with van der Waals surface area (Å²) in [6.45, 7) is 0.950. The maximum atomic E-state index is 12.6. The molecule has 0 aliphatic carbocycles. The van der Waals surface area contributed by atoms with Crippen LogP contribution in [0.3, 0.4) is 0 Å². The average molecular weight is 376 g/mol. The van der Waals surface area contributed by atoms with Gasteiger partial charge in [0.1, 0.15) is 18.7 Å². The van der Waals surface area contributed by atoms with E-state index in [0.29, 0.717) is 51.5 Å². The monoisotopic (exact) mass is 375 g/mol. The van der Waals surface area contributed by atoms with E-state index in [1.54, 1.807) is 30.3 Å². The molecule has 0 saturated carbocycles. The fourth-order valence-corrected chi connectivity index (χ4v) is 2.84. The van der Waals surface area contributed by atoms with E-state index in [2.05, 4.69) is 31.6 Å². The Balaban J connectivity index is 1.68. The number of aromatic nitrogens is 2. The molecule has 0 atom stereocenters. The SMILES string of the molecule is O=C(Nc1cccc2nonc12)c1cc2c(cc1Br)OCCO2. The molecule has 7 nitrogen and oxygen atoms in total. The Hall–Kier alpha value is -2.61. The molecule has 4 rings (SSSR count). The Morgan fingerprint density at radius 1 is 1.13 bits per heavy atom. The molecule has 2 heterocycles. The summed E-state index contributed by atoms with van der Waals surface area (Å²) >= 11 is 3.39. The van der Waals surface area contributed by atoms with E-state index >= 15 is 0 Å². The van der Waals surface area contributed by atoms with Crippen LogP contribution in [0.1, 0.15) is 10.4 Å². The molecule has 8 heteroatoms. The Kier molecular flexibility index (Phi) is 3.38. The van der Waals surface area contributed by atoms with Crippen LogP contribution in [0.4, 0.5) is 5.69 Å².